The summed E-state index contributed by atoms with van der Waals surface area (Å²) in [5, 5.41) is 12.8. The highest BCUT2D eigenvalue weighted by Gasteiger charge is 2.20. The van der Waals surface area contributed by atoms with E-state index in [0.29, 0.717) is 5.56 Å². The number of nitro groups is 1. The fourth-order valence-corrected chi connectivity index (χ4v) is 2.15. The van der Waals surface area contributed by atoms with Gasteiger partial charge in [0, 0.05) is 23.3 Å². The van der Waals surface area contributed by atoms with E-state index in [2.05, 4.69) is 15.0 Å². The number of halogens is 1. The predicted molar refractivity (Wildman–Crippen MR) is 74.4 cm³/mol. The van der Waals surface area contributed by atoms with Crippen LogP contribution >= 0.6 is 11.6 Å². The maximum absolute atomic E-state index is 11.1. The van der Waals surface area contributed by atoms with Gasteiger partial charge in [-0.15, -0.1) is 0 Å². The number of aromatic nitrogens is 3. The molecule has 98 valence electrons. The Morgan fingerprint density at radius 1 is 1.20 bits per heavy atom. The average Bonchev–Trinajstić information content (AvgIpc) is 2.46. The topological polar surface area (TPSA) is 81.8 Å². The smallest absolute Gasteiger partial charge is 0.264 e. The molecule has 20 heavy (non-hydrogen) atoms. The Bertz CT molecular complexity index is 817. The lowest BCUT2D eigenvalue weighted by molar-refractivity contribution is -0.384. The van der Waals surface area contributed by atoms with E-state index < -0.39 is 4.92 Å². The lowest BCUT2D eigenvalue weighted by atomic mass is 10.0. The van der Waals surface area contributed by atoms with E-state index in [-0.39, 0.29) is 16.7 Å². The molecule has 0 spiro atoms. The van der Waals surface area contributed by atoms with Crippen LogP contribution in [-0.2, 0) is 0 Å². The van der Waals surface area contributed by atoms with Gasteiger partial charge in [-0.1, -0.05) is 18.2 Å². The third-order valence-electron chi connectivity index (χ3n) is 2.87. The molecule has 0 radical (unpaired) electrons. The highest BCUT2D eigenvalue weighted by atomic mass is 35.5. The van der Waals surface area contributed by atoms with Crippen molar-refractivity contribution in [2.24, 2.45) is 0 Å². The summed E-state index contributed by atoms with van der Waals surface area (Å²) in [7, 11) is 0. The summed E-state index contributed by atoms with van der Waals surface area (Å²) < 4.78 is 0. The average molecular weight is 287 g/mol. The van der Waals surface area contributed by atoms with Gasteiger partial charge in [0.05, 0.1) is 4.92 Å². The minimum Gasteiger partial charge on any atom is -0.264 e. The van der Waals surface area contributed by atoms with E-state index in [1.165, 1.54) is 0 Å². The Labute approximate surface area is 118 Å². The van der Waals surface area contributed by atoms with Gasteiger partial charge >= 0.3 is 5.69 Å². The van der Waals surface area contributed by atoms with E-state index in [4.69, 9.17) is 11.6 Å². The number of benzene rings is 1. The zero-order chi connectivity index (χ0) is 14.1. The minimum atomic E-state index is -0.522. The van der Waals surface area contributed by atoms with Crippen LogP contribution in [0.2, 0.25) is 5.28 Å². The largest absolute Gasteiger partial charge is 0.313 e. The van der Waals surface area contributed by atoms with Gasteiger partial charge in [0.1, 0.15) is 6.20 Å². The molecule has 2 heterocycles. The van der Waals surface area contributed by atoms with Crippen molar-refractivity contribution < 1.29 is 4.92 Å². The van der Waals surface area contributed by atoms with Crippen LogP contribution < -0.4 is 0 Å². The van der Waals surface area contributed by atoms with Crippen LogP contribution in [0.4, 0.5) is 5.69 Å². The van der Waals surface area contributed by atoms with Crippen LogP contribution in [0.15, 0.2) is 42.9 Å². The highest BCUT2D eigenvalue weighted by molar-refractivity contribution is 6.28. The normalized spacial score (nSPS) is 10.7. The Hall–Kier alpha value is -2.60. The van der Waals surface area contributed by atoms with E-state index in [1.807, 2.05) is 6.07 Å². The van der Waals surface area contributed by atoms with Crippen molar-refractivity contribution in [2.75, 3.05) is 0 Å². The van der Waals surface area contributed by atoms with E-state index in [9.17, 15) is 10.1 Å². The van der Waals surface area contributed by atoms with E-state index in [0.717, 1.165) is 17.0 Å². The van der Waals surface area contributed by atoms with Gasteiger partial charge in [0.2, 0.25) is 5.28 Å². The summed E-state index contributed by atoms with van der Waals surface area (Å²) in [5.41, 5.74) is 0.645. The molecule has 0 aliphatic carbocycles. The molecule has 0 fully saturated rings. The lowest BCUT2D eigenvalue weighted by Crippen LogP contribution is -1.97. The second kappa shape index (κ2) is 4.82. The van der Waals surface area contributed by atoms with Crippen molar-refractivity contribution in [3.63, 3.8) is 0 Å². The molecule has 0 aliphatic rings. The van der Waals surface area contributed by atoms with Gasteiger partial charge in [-0.3, -0.25) is 15.1 Å². The first-order valence-corrected chi connectivity index (χ1v) is 6.04. The zero-order valence-electron chi connectivity index (χ0n) is 10.0. The fourth-order valence-electron chi connectivity index (χ4n) is 2.01. The first-order valence-electron chi connectivity index (χ1n) is 5.67. The summed E-state index contributed by atoms with van der Waals surface area (Å²) in [4.78, 5) is 22.3. The maximum Gasteiger partial charge on any atom is 0.313 e. The molecule has 6 nitrogen and oxygen atoms in total. The standard InChI is InChI=1S/C13H7ClN4O2/c14-13-16-7-11(18(19)20)12(17-13)10-3-1-2-8-6-15-5-4-9(8)10/h1-7H. The number of hydrogen-bond acceptors (Lipinski definition) is 5. The quantitative estimate of drug-likeness (QED) is 0.410. The molecular formula is C13H7ClN4O2. The second-order valence-electron chi connectivity index (χ2n) is 4.03. The van der Waals surface area contributed by atoms with Crippen LogP contribution in [0, 0.1) is 10.1 Å². The predicted octanol–water partition coefficient (Wildman–Crippen LogP) is 3.25. The molecule has 0 saturated carbocycles. The van der Waals surface area contributed by atoms with Crippen molar-refractivity contribution in [3.8, 4) is 11.3 Å². The van der Waals surface area contributed by atoms with Crippen molar-refractivity contribution >= 4 is 28.1 Å². The summed E-state index contributed by atoms with van der Waals surface area (Å²) in [6, 6.07) is 7.21. The number of nitrogens with zero attached hydrogens (tertiary/aromatic N) is 4. The Morgan fingerprint density at radius 3 is 2.85 bits per heavy atom. The van der Waals surface area contributed by atoms with Crippen molar-refractivity contribution in [3.05, 3.63) is 58.3 Å². The molecule has 0 bridgehead atoms. The van der Waals surface area contributed by atoms with E-state index >= 15 is 0 Å². The van der Waals surface area contributed by atoms with E-state index in [1.54, 1.807) is 30.6 Å². The fraction of sp³-hybridized carbons (Fsp3) is 0. The number of fused-ring (bicyclic) bond motifs is 1. The molecule has 7 heteroatoms. The molecule has 2 aromatic heterocycles. The van der Waals surface area contributed by atoms with Crippen LogP contribution in [0.1, 0.15) is 0 Å². The molecule has 3 aromatic rings. The minimum absolute atomic E-state index is 0.0309. The molecule has 0 N–H and O–H groups in total. The third-order valence-corrected chi connectivity index (χ3v) is 3.05. The SMILES string of the molecule is O=[N+]([O-])c1cnc(Cl)nc1-c1cccc2cnccc12. The number of hydrogen-bond donors (Lipinski definition) is 0. The first kappa shape index (κ1) is 12.4. The van der Waals surface area contributed by atoms with Gasteiger partial charge in [-0.25, -0.2) is 9.97 Å². The summed E-state index contributed by atoms with van der Waals surface area (Å²) >= 11 is 5.77. The first-order chi connectivity index (χ1) is 9.66. The molecular weight excluding hydrogens is 280 g/mol. The van der Waals surface area contributed by atoms with Crippen LogP contribution in [0.5, 0.6) is 0 Å². The van der Waals surface area contributed by atoms with Crippen molar-refractivity contribution in [2.45, 2.75) is 0 Å². The van der Waals surface area contributed by atoms with Crippen LogP contribution in [-0.4, -0.2) is 19.9 Å². The highest BCUT2D eigenvalue weighted by Crippen LogP contribution is 2.33. The van der Waals surface area contributed by atoms with Gasteiger partial charge in [0.15, 0.2) is 5.69 Å². The molecule has 1 aromatic carbocycles. The number of pyridine rings is 1. The molecule has 0 atom stereocenters. The van der Waals surface area contributed by atoms with Crippen LogP contribution in [0.25, 0.3) is 22.0 Å². The Kier molecular flexibility index (Phi) is 3.00. The van der Waals surface area contributed by atoms with Gasteiger partial charge in [-0.05, 0) is 23.1 Å². The van der Waals surface area contributed by atoms with Gasteiger partial charge < -0.3 is 0 Å². The third kappa shape index (κ3) is 2.06. The molecule has 3 rings (SSSR count). The number of rotatable bonds is 2. The Morgan fingerprint density at radius 2 is 2.05 bits per heavy atom. The van der Waals surface area contributed by atoms with Crippen molar-refractivity contribution in [1.82, 2.24) is 15.0 Å². The van der Waals surface area contributed by atoms with Crippen LogP contribution in [0.3, 0.4) is 0 Å². The molecule has 0 saturated heterocycles. The maximum atomic E-state index is 11.1. The lowest BCUT2D eigenvalue weighted by Gasteiger charge is -2.06. The molecule has 0 unspecified atom stereocenters. The zero-order valence-corrected chi connectivity index (χ0v) is 10.8. The van der Waals surface area contributed by atoms with Gasteiger partial charge in [-0.2, -0.15) is 0 Å². The molecule has 0 amide bonds. The summed E-state index contributed by atoms with van der Waals surface area (Å²) in [5.74, 6) is 0. The van der Waals surface area contributed by atoms with Crippen molar-refractivity contribution in [1.29, 1.82) is 0 Å². The monoisotopic (exact) mass is 286 g/mol. The summed E-state index contributed by atoms with van der Waals surface area (Å²) in [6.07, 6.45) is 4.43. The second-order valence-corrected chi connectivity index (χ2v) is 4.37. The Balaban J connectivity index is 2.36. The molecule has 0 aliphatic heterocycles. The van der Waals surface area contributed by atoms with Gasteiger partial charge in [0.25, 0.3) is 0 Å². The summed E-state index contributed by atoms with van der Waals surface area (Å²) in [6.45, 7) is 0.